The van der Waals surface area contributed by atoms with Crippen LogP contribution in [0, 0.1) is 17.7 Å². The summed E-state index contributed by atoms with van der Waals surface area (Å²) in [7, 11) is 0. The first kappa shape index (κ1) is 11.7. The van der Waals surface area contributed by atoms with Crippen LogP contribution in [0.5, 0.6) is 0 Å². The zero-order valence-corrected chi connectivity index (χ0v) is 10.5. The van der Waals surface area contributed by atoms with Crippen LogP contribution >= 0.6 is 15.9 Å². The summed E-state index contributed by atoms with van der Waals surface area (Å²) in [5.74, 6) is 5.32. The second kappa shape index (κ2) is 5.03. The van der Waals surface area contributed by atoms with E-state index in [1.54, 1.807) is 30.3 Å². The molecule has 0 atom stereocenters. The largest absolute Gasteiger partial charge is 0.399 e. The Labute approximate surface area is 108 Å². The van der Waals surface area contributed by atoms with E-state index in [0.717, 1.165) is 5.56 Å². The average molecular weight is 290 g/mol. The number of nitrogen functional groups attached to an aromatic ring is 1. The fourth-order valence-electron chi connectivity index (χ4n) is 1.36. The highest BCUT2D eigenvalue weighted by Gasteiger charge is 2.02. The maximum atomic E-state index is 13.6. The van der Waals surface area contributed by atoms with Crippen molar-refractivity contribution in [3.05, 3.63) is 63.9 Å². The number of hydrogen-bond acceptors (Lipinski definition) is 1. The Kier molecular flexibility index (Phi) is 3.46. The van der Waals surface area contributed by atoms with Gasteiger partial charge in [-0.3, -0.25) is 0 Å². The molecule has 2 aromatic rings. The molecule has 3 heteroatoms. The zero-order valence-electron chi connectivity index (χ0n) is 8.87. The summed E-state index contributed by atoms with van der Waals surface area (Å²) in [4.78, 5) is 0. The highest BCUT2D eigenvalue weighted by Crippen LogP contribution is 2.17. The molecule has 0 aliphatic carbocycles. The monoisotopic (exact) mass is 289 g/mol. The molecule has 0 saturated carbocycles. The minimum absolute atomic E-state index is 0.344. The summed E-state index contributed by atoms with van der Waals surface area (Å²) in [5.41, 5.74) is 7.41. The van der Waals surface area contributed by atoms with Crippen LogP contribution in [0.3, 0.4) is 0 Å². The van der Waals surface area contributed by atoms with E-state index >= 15 is 0 Å². The molecule has 1 nitrogen and oxygen atoms in total. The van der Waals surface area contributed by atoms with Crippen LogP contribution in [0.25, 0.3) is 0 Å². The molecule has 0 aliphatic rings. The van der Waals surface area contributed by atoms with Crippen molar-refractivity contribution in [2.45, 2.75) is 0 Å². The molecule has 2 aromatic carbocycles. The molecule has 17 heavy (non-hydrogen) atoms. The molecular formula is C14H9BrFN. The smallest absolute Gasteiger partial charge is 0.152 e. The maximum Gasteiger partial charge on any atom is 0.152 e. The molecule has 0 radical (unpaired) electrons. The van der Waals surface area contributed by atoms with E-state index in [4.69, 9.17) is 5.73 Å². The van der Waals surface area contributed by atoms with Gasteiger partial charge in [0, 0.05) is 11.3 Å². The highest BCUT2D eigenvalue weighted by atomic mass is 79.9. The van der Waals surface area contributed by atoms with Crippen molar-refractivity contribution in [2.24, 2.45) is 0 Å². The van der Waals surface area contributed by atoms with Gasteiger partial charge in [-0.05, 0) is 46.3 Å². The van der Waals surface area contributed by atoms with E-state index in [9.17, 15) is 4.39 Å². The van der Waals surface area contributed by atoms with Crippen LogP contribution in [0.2, 0.25) is 0 Å². The molecule has 0 fully saturated rings. The fraction of sp³-hybridized carbons (Fsp3) is 0. The van der Waals surface area contributed by atoms with Crippen molar-refractivity contribution < 1.29 is 4.39 Å². The molecule has 0 heterocycles. The van der Waals surface area contributed by atoms with Gasteiger partial charge in [-0.25, -0.2) is 4.39 Å². The number of hydrogen-bond donors (Lipinski definition) is 1. The van der Waals surface area contributed by atoms with Crippen LogP contribution in [-0.4, -0.2) is 0 Å². The average Bonchev–Trinajstić information content (AvgIpc) is 2.31. The van der Waals surface area contributed by atoms with Crippen molar-refractivity contribution in [3.63, 3.8) is 0 Å². The number of anilines is 1. The van der Waals surface area contributed by atoms with Crippen molar-refractivity contribution in [3.8, 4) is 11.8 Å². The van der Waals surface area contributed by atoms with Gasteiger partial charge >= 0.3 is 0 Å². The molecular weight excluding hydrogens is 281 g/mol. The number of benzene rings is 2. The first-order valence-electron chi connectivity index (χ1n) is 4.98. The van der Waals surface area contributed by atoms with Crippen LogP contribution in [0.15, 0.2) is 46.9 Å². The lowest BCUT2D eigenvalue weighted by atomic mass is 10.1. The molecule has 0 aliphatic heterocycles. The van der Waals surface area contributed by atoms with E-state index in [-0.39, 0.29) is 5.82 Å². The predicted octanol–water partition coefficient (Wildman–Crippen LogP) is 3.57. The SMILES string of the molecule is Nc1cccc(C#Cc2cccc(Br)c2F)c1. The minimum Gasteiger partial charge on any atom is -0.399 e. The third-order valence-electron chi connectivity index (χ3n) is 2.18. The van der Waals surface area contributed by atoms with Crippen molar-refractivity contribution >= 4 is 21.6 Å². The Morgan fingerprint density at radius 3 is 2.59 bits per heavy atom. The third kappa shape index (κ3) is 2.86. The zero-order chi connectivity index (χ0) is 12.3. The van der Waals surface area contributed by atoms with E-state index in [1.165, 1.54) is 0 Å². The van der Waals surface area contributed by atoms with Gasteiger partial charge in [0.15, 0.2) is 5.82 Å². The van der Waals surface area contributed by atoms with Crippen LogP contribution in [-0.2, 0) is 0 Å². The molecule has 84 valence electrons. The first-order chi connectivity index (χ1) is 8.16. The summed E-state index contributed by atoms with van der Waals surface area (Å²) >= 11 is 3.12. The minimum atomic E-state index is -0.344. The van der Waals surface area contributed by atoms with Gasteiger partial charge in [-0.1, -0.05) is 24.0 Å². The van der Waals surface area contributed by atoms with Gasteiger partial charge < -0.3 is 5.73 Å². The molecule has 2 N–H and O–H groups in total. The number of rotatable bonds is 0. The number of nitrogens with two attached hydrogens (primary N) is 1. The Bertz CT molecular complexity index is 611. The number of halogens is 2. The van der Waals surface area contributed by atoms with Crippen LogP contribution in [0.4, 0.5) is 10.1 Å². The molecule has 0 spiro atoms. The standard InChI is InChI=1S/C14H9BrFN/c15-13-6-2-4-11(14(13)16)8-7-10-3-1-5-12(17)9-10/h1-6,9H,17H2. The van der Waals surface area contributed by atoms with Crippen LogP contribution < -0.4 is 5.73 Å². The normalized spacial score (nSPS) is 9.53. The first-order valence-corrected chi connectivity index (χ1v) is 5.78. The Hall–Kier alpha value is -1.79. The van der Waals surface area contributed by atoms with Gasteiger partial charge in [-0.2, -0.15) is 0 Å². The quantitative estimate of drug-likeness (QED) is 0.582. The maximum absolute atomic E-state index is 13.6. The second-order valence-corrected chi connectivity index (χ2v) is 4.33. The van der Waals surface area contributed by atoms with E-state index in [1.807, 2.05) is 12.1 Å². The predicted molar refractivity (Wildman–Crippen MR) is 70.9 cm³/mol. The van der Waals surface area contributed by atoms with Crippen molar-refractivity contribution in [1.82, 2.24) is 0 Å². The molecule has 0 unspecified atom stereocenters. The second-order valence-electron chi connectivity index (χ2n) is 3.48. The van der Waals surface area contributed by atoms with Gasteiger partial charge in [0.1, 0.15) is 0 Å². The summed E-state index contributed by atoms with van der Waals surface area (Å²) in [6, 6.07) is 12.2. The Balaban J connectivity index is 2.36. The lowest BCUT2D eigenvalue weighted by Crippen LogP contribution is -1.86. The summed E-state index contributed by atoms with van der Waals surface area (Å²) in [5, 5.41) is 0. The molecule has 0 bridgehead atoms. The van der Waals surface area contributed by atoms with Gasteiger partial charge in [-0.15, -0.1) is 0 Å². The molecule has 0 aromatic heterocycles. The summed E-state index contributed by atoms with van der Waals surface area (Å²) in [6.45, 7) is 0. The van der Waals surface area contributed by atoms with Gasteiger partial charge in [0.2, 0.25) is 0 Å². The lowest BCUT2D eigenvalue weighted by molar-refractivity contribution is 0.617. The topological polar surface area (TPSA) is 26.0 Å². The van der Waals surface area contributed by atoms with Crippen molar-refractivity contribution in [1.29, 1.82) is 0 Å². The fourth-order valence-corrected chi connectivity index (χ4v) is 1.72. The third-order valence-corrected chi connectivity index (χ3v) is 2.79. The Morgan fingerprint density at radius 1 is 1.06 bits per heavy atom. The molecule has 2 rings (SSSR count). The van der Waals surface area contributed by atoms with E-state index in [2.05, 4.69) is 27.8 Å². The van der Waals surface area contributed by atoms with E-state index < -0.39 is 0 Å². The van der Waals surface area contributed by atoms with Crippen LogP contribution in [0.1, 0.15) is 11.1 Å². The van der Waals surface area contributed by atoms with Gasteiger partial charge in [0.05, 0.1) is 10.0 Å². The van der Waals surface area contributed by atoms with E-state index in [0.29, 0.717) is 15.7 Å². The highest BCUT2D eigenvalue weighted by molar-refractivity contribution is 9.10. The molecule has 0 saturated heterocycles. The molecule has 0 amide bonds. The van der Waals surface area contributed by atoms with Crippen molar-refractivity contribution in [2.75, 3.05) is 5.73 Å². The summed E-state index contributed by atoms with van der Waals surface area (Å²) < 4.78 is 14.0. The van der Waals surface area contributed by atoms with Gasteiger partial charge in [0.25, 0.3) is 0 Å². The summed E-state index contributed by atoms with van der Waals surface area (Å²) in [6.07, 6.45) is 0. The Morgan fingerprint density at radius 2 is 1.82 bits per heavy atom. The lowest BCUT2D eigenvalue weighted by Gasteiger charge is -1.96.